The van der Waals surface area contributed by atoms with Gasteiger partial charge in [0.25, 0.3) is 0 Å². The maximum absolute atomic E-state index is 6.30. The van der Waals surface area contributed by atoms with Gasteiger partial charge in [-0.1, -0.05) is 89.9 Å². The summed E-state index contributed by atoms with van der Waals surface area (Å²) in [5.74, 6) is 0. The molecule has 0 aliphatic carbocycles. The second-order valence-corrected chi connectivity index (χ2v) is 10.0. The third kappa shape index (κ3) is 4.53. The maximum Gasteiger partial charge on any atom is 0.214 e. The van der Waals surface area contributed by atoms with Gasteiger partial charge in [0.2, 0.25) is 11.2 Å². The number of rotatable bonds is 4. The molecule has 0 radical (unpaired) electrons. The zero-order chi connectivity index (χ0) is 25.4. The molecule has 3 heteroatoms. The standard InChI is InChI=1S/C34H24Cl2N/c1-37-32-10-6-5-9-26(32)15-20-33(37)34-30(24-11-16-28(35)17-12-24)21-27(23-7-3-2-4-8-23)22-31(34)25-13-18-29(36)19-14-25/h2-22H,1H3/q+1. The van der Waals surface area contributed by atoms with Crippen molar-refractivity contribution in [2.24, 2.45) is 7.05 Å². The van der Waals surface area contributed by atoms with E-state index in [1.165, 1.54) is 16.5 Å². The lowest BCUT2D eigenvalue weighted by molar-refractivity contribution is -0.633. The van der Waals surface area contributed by atoms with Gasteiger partial charge in [-0.15, -0.1) is 0 Å². The number of fused-ring (bicyclic) bond motifs is 1. The van der Waals surface area contributed by atoms with Crippen molar-refractivity contribution in [3.8, 4) is 44.6 Å². The molecule has 1 heterocycles. The topological polar surface area (TPSA) is 3.88 Å². The molecule has 0 saturated heterocycles. The third-order valence-electron chi connectivity index (χ3n) is 6.89. The van der Waals surface area contributed by atoms with Gasteiger partial charge in [-0.05, 0) is 81.9 Å². The fourth-order valence-electron chi connectivity index (χ4n) is 5.02. The fraction of sp³-hybridized carbons (Fsp3) is 0.0294. The lowest BCUT2D eigenvalue weighted by Gasteiger charge is -2.18. The number of hydrogen-bond acceptors (Lipinski definition) is 0. The summed E-state index contributed by atoms with van der Waals surface area (Å²) < 4.78 is 2.28. The second-order valence-electron chi connectivity index (χ2n) is 9.16. The van der Waals surface area contributed by atoms with Gasteiger partial charge >= 0.3 is 0 Å². The Kier molecular flexibility index (Phi) is 6.26. The molecule has 0 N–H and O–H groups in total. The maximum atomic E-state index is 6.30. The molecule has 0 unspecified atom stereocenters. The van der Waals surface area contributed by atoms with Crippen LogP contribution >= 0.6 is 23.2 Å². The quantitative estimate of drug-likeness (QED) is 0.205. The van der Waals surface area contributed by atoms with Gasteiger partial charge in [-0.2, -0.15) is 4.57 Å². The van der Waals surface area contributed by atoms with Crippen LogP contribution in [0.25, 0.3) is 55.5 Å². The molecule has 1 nitrogen and oxygen atoms in total. The zero-order valence-corrected chi connectivity index (χ0v) is 21.8. The predicted octanol–water partition coefficient (Wildman–Crippen LogP) is 9.64. The minimum atomic E-state index is 0.721. The third-order valence-corrected chi connectivity index (χ3v) is 7.40. The lowest BCUT2D eigenvalue weighted by Crippen LogP contribution is -2.32. The van der Waals surface area contributed by atoms with E-state index in [0.717, 1.165) is 49.1 Å². The summed E-state index contributed by atoms with van der Waals surface area (Å²) in [6.07, 6.45) is 0. The van der Waals surface area contributed by atoms with Crippen LogP contribution in [0.4, 0.5) is 0 Å². The first-order valence-electron chi connectivity index (χ1n) is 12.2. The first kappa shape index (κ1) is 23.5. The Bertz CT molecular complexity index is 1650. The van der Waals surface area contributed by atoms with Crippen LogP contribution in [0.3, 0.4) is 0 Å². The number of pyridine rings is 1. The molecule has 0 aliphatic heterocycles. The Hall–Kier alpha value is -3.91. The summed E-state index contributed by atoms with van der Waals surface area (Å²) in [6.45, 7) is 0. The van der Waals surface area contributed by atoms with Crippen LogP contribution in [0, 0.1) is 0 Å². The summed E-state index contributed by atoms with van der Waals surface area (Å²) in [7, 11) is 2.14. The summed E-state index contributed by atoms with van der Waals surface area (Å²) in [4.78, 5) is 0. The highest BCUT2D eigenvalue weighted by atomic mass is 35.5. The number of nitrogens with zero attached hydrogens (tertiary/aromatic N) is 1. The highest BCUT2D eigenvalue weighted by molar-refractivity contribution is 6.31. The van der Waals surface area contributed by atoms with Gasteiger partial charge in [0.15, 0.2) is 0 Å². The number of para-hydroxylation sites is 1. The van der Waals surface area contributed by atoms with E-state index in [1.807, 2.05) is 30.3 Å². The Labute approximate surface area is 227 Å². The average Bonchev–Trinajstić information content (AvgIpc) is 2.94. The minimum Gasteiger partial charge on any atom is -0.194 e. The SMILES string of the molecule is C[n+]1c(-c2c(-c3ccc(Cl)cc3)cc(-c3ccccc3)cc2-c2ccc(Cl)cc2)ccc2ccccc21. The molecule has 0 bridgehead atoms. The predicted molar refractivity (Wildman–Crippen MR) is 157 cm³/mol. The van der Waals surface area contributed by atoms with E-state index < -0.39 is 0 Å². The largest absolute Gasteiger partial charge is 0.214 e. The minimum absolute atomic E-state index is 0.721. The Morgan fingerprint density at radius 3 is 1.62 bits per heavy atom. The summed E-state index contributed by atoms with van der Waals surface area (Å²) in [6, 6.07) is 44.2. The molecule has 178 valence electrons. The van der Waals surface area contributed by atoms with E-state index in [-0.39, 0.29) is 0 Å². The molecule has 0 saturated carbocycles. The van der Waals surface area contributed by atoms with Crippen LogP contribution in [0.15, 0.2) is 127 Å². The molecule has 0 spiro atoms. The molecule has 6 aromatic rings. The first-order chi connectivity index (χ1) is 18.1. The normalized spacial score (nSPS) is 11.1. The number of aromatic nitrogens is 1. The summed E-state index contributed by atoms with van der Waals surface area (Å²) in [5.41, 5.74) is 10.3. The lowest BCUT2D eigenvalue weighted by atomic mass is 9.86. The van der Waals surface area contributed by atoms with Gasteiger partial charge in [0, 0.05) is 27.6 Å². The molecule has 37 heavy (non-hydrogen) atoms. The smallest absolute Gasteiger partial charge is 0.194 e. The van der Waals surface area contributed by atoms with E-state index in [4.69, 9.17) is 23.2 Å². The van der Waals surface area contributed by atoms with Crippen LogP contribution < -0.4 is 4.57 Å². The zero-order valence-electron chi connectivity index (χ0n) is 20.3. The molecular weight excluding hydrogens is 493 g/mol. The van der Waals surface area contributed by atoms with E-state index in [0.29, 0.717) is 0 Å². The van der Waals surface area contributed by atoms with Crippen molar-refractivity contribution in [1.29, 1.82) is 0 Å². The molecular formula is C34H24Cl2N+. The average molecular weight is 517 g/mol. The summed E-state index contributed by atoms with van der Waals surface area (Å²) >= 11 is 12.6. The van der Waals surface area contributed by atoms with Crippen molar-refractivity contribution in [2.75, 3.05) is 0 Å². The number of hydrogen-bond donors (Lipinski definition) is 0. The van der Waals surface area contributed by atoms with Gasteiger partial charge in [-0.3, -0.25) is 0 Å². The summed E-state index contributed by atoms with van der Waals surface area (Å²) in [5, 5.41) is 2.65. The molecule has 0 amide bonds. The van der Waals surface area contributed by atoms with Crippen LogP contribution in [0.1, 0.15) is 0 Å². The van der Waals surface area contributed by atoms with Crippen molar-refractivity contribution >= 4 is 34.1 Å². The van der Waals surface area contributed by atoms with Crippen LogP contribution in [0.2, 0.25) is 10.0 Å². The Morgan fingerprint density at radius 1 is 0.486 bits per heavy atom. The van der Waals surface area contributed by atoms with Crippen molar-refractivity contribution in [1.82, 2.24) is 0 Å². The van der Waals surface area contributed by atoms with Crippen LogP contribution in [0.5, 0.6) is 0 Å². The van der Waals surface area contributed by atoms with Gasteiger partial charge in [0.1, 0.15) is 7.05 Å². The van der Waals surface area contributed by atoms with Crippen LogP contribution in [-0.4, -0.2) is 0 Å². The van der Waals surface area contributed by atoms with Gasteiger partial charge in [-0.25, -0.2) is 0 Å². The fourth-order valence-corrected chi connectivity index (χ4v) is 5.28. The van der Waals surface area contributed by atoms with Crippen LogP contribution in [-0.2, 0) is 7.05 Å². The molecule has 0 fully saturated rings. The Morgan fingerprint density at radius 2 is 1.03 bits per heavy atom. The molecule has 0 aliphatic rings. The van der Waals surface area contributed by atoms with Gasteiger partial charge in [0.05, 0.1) is 5.56 Å². The van der Waals surface area contributed by atoms with Crippen molar-refractivity contribution < 1.29 is 4.57 Å². The van der Waals surface area contributed by atoms with Crippen molar-refractivity contribution in [2.45, 2.75) is 0 Å². The highest BCUT2D eigenvalue weighted by Crippen LogP contribution is 2.43. The molecule has 6 rings (SSSR count). The van der Waals surface area contributed by atoms with Gasteiger partial charge < -0.3 is 0 Å². The molecule has 5 aromatic carbocycles. The van der Waals surface area contributed by atoms with E-state index in [1.54, 1.807) is 0 Å². The second kappa shape index (κ2) is 9.86. The van der Waals surface area contributed by atoms with E-state index in [2.05, 4.69) is 109 Å². The number of halogens is 2. The van der Waals surface area contributed by atoms with Crippen molar-refractivity contribution in [3.63, 3.8) is 0 Å². The molecule has 1 aromatic heterocycles. The monoisotopic (exact) mass is 516 g/mol. The number of benzene rings is 5. The van der Waals surface area contributed by atoms with Crippen molar-refractivity contribution in [3.05, 3.63) is 137 Å². The Balaban J connectivity index is 1.74. The molecule has 0 atom stereocenters. The number of aryl methyl sites for hydroxylation is 1. The van der Waals surface area contributed by atoms with E-state index >= 15 is 0 Å². The van der Waals surface area contributed by atoms with E-state index in [9.17, 15) is 0 Å². The highest BCUT2D eigenvalue weighted by Gasteiger charge is 2.23. The first-order valence-corrected chi connectivity index (χ1v) is 13.0.